The van der Waals surface area contributed by atoms with Gasteiger partial charge in [-0.2, -0.15) is 4.39 Å². The van der Waals surface area contributed by atoms with Crippen LogP contribution in [0.15, 0.2) is 6.07 Å². The molecule has 1 rings (SSSR count). The summed E-state index contributed by atoms with van der Waals surface area (Å²) in [6, 6.07) is 1.16. The topological polar surface area (TPSA) is 55.8 Å². The average Bonchev–Trinajstić information content (AvgIpc) is 2.27. The summed E-state index contributed by atoms with van der Waals surface area (Å²) in [5.74, 6) is -3.70. The van der Waals surface area contributed by atoms with Gasteiger partial charge in [-0.1, -0.05) is 13.8 Å². The zero-order chi connectivity index (χ0) is 14.8. The van der Waals surface area contributed by atoms with E-state index < -0.39 is 28.8 Å². The Hall–Kier alpha value is -1.85. The molecule has 0 bridgehead atoms. The van der Waals surface area contributed by atoms with Crippen molar-refractivity contribution in [2.24, 2.45) is 0 Å². The van der Waals surface area contributed by atoms with Crippen molar-refractivity contribution in [1.29, 1.82) is 0 Å². The van der Waals surface area contributed by atoms with E-state index in [-0.39, 0.29) is 17.7 Å². The molecule has 6 heteroatoms. The van der Waals surface area contributed by atoms with Gasteiger partial charge in [-0.25, -0.2) is 4.39 Å². The first-order valence-electron chi connectivity index (χ1n) is 5.56. The summed E-state index contributed by atoms with van der Waals surface area (Å²) in [6.45, 7) is 3.10. The van der Waals surface area contributed by atoms with Crippen LogP contribution in [0.4, 0.5) is 8.78 Å². The van der Waals surface area contributed by atoms with Crippen LogP contribution < -0.4 is 9.47 Å². The van der Waals surface area contributed by atoms with Gasteiger partial charge < -0.3 is 14.6 Å². The first-order chi connectivity index (χ1) is 8.74. The minimum Gasteiger partial charge on any atom is -0.494 e. The van der Waals surface area contributed by atoms with E-state index in [9.17, 15) is 13.6 Å². The number of carboxylic acids is 1. The lowest BCUT2D eigenvalue weighted by Gasteiger charge is -2.25. The largest absolute Gasteiger partial charge is 0.494 e. The molecule has 0 heterocycles. The van der Waals surface area contributed by atoms with Gasteiger partial charge in [-0.3, -0.25) is 4.79 Å². The summed E-state index contributed by atoms with van der Waals surface area (Å²) in [5, 5.41) is 8.85. The average molecular weight is 274 g/mol. The van der Waals surface area contributed by atoms with Gasteiger partial charge in [-0.15, -0.1) is 0 Å². The van der Waals surface area contributed by atoms with E-state index in [0.717, 1.165) is 13.2 Å². The second-order valence-electron chi connectivity index (χ2n) is 4.74. The molecule has 0 atom stereocenters. The van der Waals surface area contributed by atoms with Gasteiger partial charge in [0.1, 0.15) is 0 Å². The molecule has 0 saturated heterocycles. The molecule has 0 radical (unpaired) electrons. The van der Waals surface area contributed by atoms with E-state index in [2.05, 4.69) is 4.74 Å². The van der Waals surface area contributed by atoms with Crippen LogP contribution in [0.2, 0.25) is 0 Å². The molecule has 1 aromatic rings. The van der Waals surface area contributed by atoms with E-state index in [0.29, 0.717) is 0 Å². The highest BCUT2D eigenvalue weighted by Gasteiger charge is 2.32. The van der Waals surface area contributed by atoms with Crippen LogP contribution in [0.25, 0.3) is 0 Å². The highest BCUT2D eigenvalue weighted by molar-refractivity contribution is 5.69. The first-order valence-corrected chi connectivity index (χ1v) is 5.56. The summed E-state index contributed by atoms with van der Waals surface area (Å²) >= 11 is 0. The third kappa shape index (κ3) is 2.94. The molecule has 0 spiro atoms. The van der Waals surface area contributed by atoms with E-state index >= 15 is 0 Å². The van der Waals surface area contributed by atoms with Crippen LogP contribution in [0.1, 0.15) is 25.8 Å². The fourth-order valence-corrected chi connectivity index (χ4v) is 1.88. The van der Waals surface area contributed by atoms with Crippen LogP contribution in [0, 0.1) is 11.6 Å². The Morgan fingerprint density at radius 3 is 2.26 bits per heavy atom. The molecular formula is C13H16F2O4. The standard InChI is InChI=1S/C13H16F2O4/c1-13(2,6-9(16)17)7-5-8(18-3)11(15)12(19-4)10(7)14/h5H,6H2,1-4H3,(H,16,17). The fraction of sp³-hybridized carbons (Fsp3) is 0.462. The van der Waals surface area contributed by atoms with E-state index in [1.165, 1.54) is 7.11 Å². The normalized spacial score (nSPS) is 11.3. The lowest BCUT2D eigenvalue weighted by molar-refractivity contribution is -0.138. The lowest BCUT2D eigenvalue weighted by atomic mass is 9.81. The van der Waals surface area contributed by atoms with Crippen molar-refractivity contribution in [3.05, 3.63) is 23.3 Å². The quantitative estimate of drug-likeness (QED) is 0.897. The van der Waals surface area contributed by atoms with Crippen molar-refractivity contribution in [2.75, 3.05) is 14.2 Å². The Morgan fingerprint density at radius 2 is 1.84 bits per heavy atom. The Kier molecular flexibility index (Phi) is 4.34. The van der Waals surface area contributed by atoms with Gasteiger partial charge in [0.05, 0.1) is 20.6 Å². The molecule has 0 aliphatic carbocycles. The molecule has 0 fully saturated rings. The number of hydrogen-bond donors (Lipinski definition) is 1. The highest BCUT2D eigenvalue weighted by atomic mass is 19.1. The van der Waals surface area contributed by atoms with Crippen LogP contribution in [-0.2, 0) is 10.2 Å². The number of methoxy groups -OCH3 is 2. The first kappa shape index (κ1) is 15.2. The van der Waals surface area contributed by atoms with Crippen molar-refractivity contribution < 1.29 is 28.2 Å². The van der Waals surface area contributed by atoms with Gasteiger partial charge in [-0.05, 0) is 6.07 Å². The molecule has 0 saturated carbocycles. The minimum atomic E-state index is -1.08. The zero-order valence-corrected chi connectivity index (χ0v) is 11.2. The molecule has 106 valence electrons. The predicted octanol–water partition coefficient (Wildman–Crippen LogP) is 2.73. The number of ether oxygens (including phenoxy) is 2. The van der Waals surface area contributed by atoms with Crippen molar-refractivity contribution in [2.45, 2.75) is 25.7 Å². The molecule has 0 aliphatic rings. The summed E-state index contributed by atoms with van der Waals surface area (Å²) in [5.41, 5.74) is -0.991. The molecule has 19 heavy (non-hydrogen) atoms. The highest BCUT2D eigenvalue weighted by Crippen LogP contribution is 2.39. The summed E-state index contributed by atoms with van der Waals surface area (Å²) in [4.78, 5) is 10.8. The second-order valence-corrected chi connectivity index (χ2v) is 4.74. The van der Waals surface area contributed by atoms with Crippen LogP contribution >= 0.6 is 0 Å². The van der Waals surface area contributed by atoms with E-state index in [4.69, 9.17) is 9.84 Å². The van der Waals surface area contributed by atoms with Gasteiger partial charge >= 0.3 is 5.97 Å². The van der Waals surface area contributed by atoms with Crippen molar-refractivity contribution in [1.82, 2.24) is 0 Å². The Balaban J connectivity index is 3.47. The van der Waals surface area contributed by atoms with Crippen LogP contribution in [-0.4, -0.2) is 25.3 Å². The molecule has 1 aromatic carbocycles. The Morgan fingerprint density at radius 1 is 1.26 bits per heavy atom. The van der Waals surface area contributed by atoms with Gasteiger partial charge in [0, 0.05) is 11.0 Å². The second kappa shape index (κ2) is 5.42. The number of hydrogen-bond acceptors (Lipinski definition) is 3. The number of benzene rings is 1. The number of carboxylic acid groups (broad SMARTS) is 1. The fourth-order valence-electron chi connectivity index (χ4n) is 1.88. The molecule has 4 nitrogen and oxygen atoms in total. The van der Waals surface area contributed by atoms with E-state index in [1.54, 1.807) is 13.8 Å². The maximum Gasteiger partial charge on any atom is 0.304 e. The summed E-state index contributed by atoms with van der Waals surface area (Å²) in [7, 11) is 2.37. The molecule has 0 aliphatic heterocycles. The third-order valence-electron chi connectivity index (χ3n) is 2.87. The summed E-state index contributed by atoms with van der Waals surface area (Å²) < 4.78 is 37.4. The van der Waals surface area contributed by atoms with Crippen LogP contribution in [0.5, 0.6) is 11.5 Å². The van der Waals surface area contributed by atoms with Crippen molar-refractivity contribution in [3.63, 3.8) is 0 Å². The van der Waals surface area contributed by atoms with Gasteiger partial charge in [0.15, 0.2) is 17.3 Å². The number of rotatable bonds is 5. The zero-order valence-electron chi connectivity index (χ0n) is 11.2. The molecular weight excluding hydrogens is 258 g/mol. The van der Waals surface area contributed by atoms with Gasteiger partial charge in [0.25, 0.3) is 0 Å². The van der Waals surface area contributed by atoms with Crippen molar-refractivity contribution >= 4 is 5.97 Å². The molecule has 1 N–H and O–H groups in total. The van der Waals surface area contributed by atoms with Crippen molar-refractivity contribution in [3.8, 4) is 11.5 Å². The third-order valence-corrected chi connectivity index (χ3v) is 2.87. The number of aliphatic carboxylic acids is 1. The SMILES string of the molecule is COc1cc(C(C)(C)CC(=O)O)c(F)c(OC)c1F. The lowest BCUT2D eigenvalue weighted by Crippen LogP contribution is -2.23. The van der Waals surface area contributed by atoms with Crippen LogP contribution in [0.3, 0.4) is 0 Å². The van der Waals surface area contributed by atoms with E-state index in [1.807, 2.05) is 0 Å². The Bertz CT molecular complexity index is 498. The predicted molar refractivity (Wildman–Crippen MR) is 64.7 cm³/mol. The smallest absolute Gasteiger partial charge is 0.304 e. The summed E-state index contributed by atoms with van der Waals surface area (Å²) in [6.07, 6.45) is -0.304. The molecule has 0 amide bonds. The monoisotopic (exact) mass is 274 g/mol. The Labute approximate surface area is 109 Å². The number of carbonyl (C=O) groups is 1. The maximum absolute atomic E-state index is 14.2. The maximum atomic E-state index is 14.2. The molecule has 0 unspecified atom stereocenters. The minimum absolute atomic E-state index is 0.0324. The number of halogens is 2. The molecule has 0 aromatic heterocycles. The van der Waals surface area contributed by atoms with Gasteiger partial charge in [0.2, 0.25) is 5.82 Å².